The molecule has 19 heavy (non-hydrogen) atoms. The van der Waals surface area contributed by atoms with Crippen molar-refractivity contribution in [3.8, 4) is 0 Å². The third-order valence-corrected chi connectivity index (χ3v) is 3.75. The summed E-state index contributed by atoms with van der Waals surface area (Å²) in [6.07, 6.45) is -4.56. The fraction of sp³-hybridized carbons (Fsp3) is 0.364. The first-order valence-corrected chi connectivity index (χ1v) is 6.90. The van der Waals surface area contributed by atoms with Crippen LogP contribution < -0.4 is 10.6 Å². The van der Waals surface area contributed by atoms with Crippen LogP contribution in [0, 0.1) is 0 Å². The fourth-order valence-corrected chi connectivity index (χ4v) is 2.76. The van der Waals surface area contributed by atoms with Gasteiger partial charge in [-0.1, -0.05) is 11.6 Å². The molecule has 3 nitrogen and oxygen atoms in total. The summed E-state index contributed by atoms with van der Waals surface area (Å²) in [4.78, 5) is 11.8. The van der Waals surface area contributed by atoms with Gasteiger partial charge in [0.2, 0.25) is 5.91 Å². The molecule has 1 aliphatic heterocycles. The Balaban J connectivity index is 2.22. The lowest BCUT2D eigenvalue weighted by molar-refractivity contribution is -0.137. The van der Waals surface area contributed by atoms with Crippen molar-refractivity contribution in [3.05, 3.63) is 28.8 Å². The Labute approximate surface area is 116 Å². The number of carbonyl (C=O) groups excluding carboxylic acids is 1. The van der Waals surface area contributed by atoms with Gasteiger partial charge in [0.05, 0.1) is 17.3 Å². The lowest BCUT2D eigenvalue weighted by Crippen LogP contribution is -2.37. The standard InChI is InChI=1S/C11H10ClF3N2OS/c12-6-1-2-8(7(3-6)11(13,14)15)17-10(18)9-4-19-5-16-9/h1-3,9,16H,4-5H2,(H,17,18). The van der Waals surface area contributed by atoms with E-state index in [0.717, 1.165) is 12.1 Å². The second-order valence-electron chi connectivity index (χ2n) is 3.95. The maximum absolute atomic E-state index is 12.8. The van der Waals surface area contributed by atoms with Crippen molar-refractivity contribution in [2.24, 2.45) is 0 Å². The molecule has 2 N–H and O–H groups in total. The van der Waals surface area contributed by atoms with Gasteiger partial charge >= 0.3 is 6.18 Å². The van der Waals surface area contributed by atoms with E-state index in [2.05, 4.69) is 10.6 Å². The lowest BCUT2D eigenvalue weighted by Gasteiger charge is -2.16. The SMILES string of the molecule is O=C(Nc1ccc(Cl)cc1C(F)(F)F)C1CSCN1. The van der Waals surface area contributed by atoms with Crippen LogP contribution in [0.4, 0.5) is 18.9 Å². The minimum Gasteiger partial charge on any atom is -0.324 e. The third-order valence-electron chi connectivity index (χ3n) is 2.58. The highest BCUT2D eigenvalue weighted by molar-refractivity contribution is 7.99. The van der Waals surface area contributed by atoms with E-state index >= 15 is 0 Å². The van der Waals surface area contributed by atoms with Crippen LogP contribution in [0.5, 0.6) is 0 Å². The van der Waals surface area contributed by atoms with Crippen LogP contribution in [-0.4, -0.2) is 23.6 Å². The second kappa shape index (κ2) is 5.60. The average Bonchev–Trinajstić information content (AvgIpc) is 2.83. The zero-order chi connectivity index (χ0) is 14.0. The van der Waals surface area contributed by atoms with Crippen molar-refractivity contribution >= 4 is 35.0 Å². The molecule has 0 saturated carbocycles. The largest absolute Gasteiger partial charge is 0.418 e. The van der Waals surface area contributed by atoms with E-state index in [4.69, 9.17) is 11.6 Å². The zero-order valence-corrected chi connectivity index (χ0v) is 11.1. The molecule has 0 aliphatic carbocycles. The van der Waals surface area contributed by atoms with Gasteiger partial charge in [0, 0.05) is 16.7 Å². The number of thioether (sulfide) groups is 1. The average molecular weight is 311 g/mol. The summed E-state index contributed by atoms with van der Waals surface area (Å²) in [6, 6.07) is 2.80. The maximum Gasteiger partial charge on any atom is 0.418 e. The van der Waals surface area contributed by atoms with E-state index in [1.54, 1.807) is 0 Å². The molecule has 0 aromatic heterocycles. The summed E-state index contributed by atoms with van der Waals surface area (Å²) in [5.41, 5.74) is -1.22. The molecule has 8 heteroatoms. The van der Waals surface area contributed by atoms with E-state index in [1.807, 2.05) is 0 Å². The number of rotatable bonds is 2. The van der Waals surface area contributed by atoms with Crippen LogP contribution in [0.3, 0.4) is 0 Å². The summed E-state index contributed by atoms with van der Waals surface area (Å²) in [5.74, 6) is 0.684. The summed E-state index contributed by atoms with van der Waals surface area (Å²) in [6.45, 7) is 0. The van der Waals surface area contributed by atoms with Crippen LogP contribution in [-0.2, 0) is 11.0 Å². The van der Waals surface area contributed by atoms with Crippen molar-refractivity contribution in [2.75, 3.05) is 16.9 Å². The monoisotopic (exact) mass is 310 g/mol. The van der Waals surface area contributed by atoms with Crippen molar-refractivity contribution in [1.82, 2.24) is 5.32 Å². The number of nitrogens with one attached hydrogen (secondary N) is 2. The van der Waals surface area contributed by atoms with Crippen LogP contribution in [0.2, 0.25) is 5.02 Å². The highest BCUT2D eigenvalue weighted by Crippen LogP contribution is 2.36. The number of alkyl halides is 3. The predicted octanol–water partition coefficient (Wildman–Crippen LogP) is 2.96. The molecule has 1 amide bonds. The van der Waals surface area contributed by atoms with E-state index in [-0.39, 0.29) is 10.7 Å². The molecule has 2 rings (SSSR count). The number of carbonyl (C=O) groups is 1. The number of benzene rings is 1. The maximum atomic E-state index is 12.8. The molecule has 1 heterocycles. The van der Waals surface area contributed by atoms with Gasteiger partial charge in [-0.25, -0.2) is 0 Å². The van der Waals surface area contributed by atoms with Crippen LogP contribution >= 0.6 is 23.4 Å². The molecule has 0 bridgehead atoms. The number of hydrogen-bond donors (Lipinski definition) is 2. The Morgan fingerprint density at radius 1 is 1.47 bits per heavy atom. The number of halogens is 4. The lowest BCUT2D eigenvalue weighted by atomic mass is 10.1. The molecule has 1 saturated heterocycles. The number of amides is 1. The van der Waals surface area contributed by atoms with E-state index in [9.17, 15) is 18.0 Å². The molecule has 0 spiro atoms. The van der Waals surface area contributed by atoms with Gasteiger partial charge in [0.1, 0.15) is 0 Å². The molecule has 1 atom stereocenters. The number of anilines is 1. The summed E-state index contributed by atoms with van der Waals surface area (Å²) >= 11 is 7.08. The zero-order valence-electron chi connectivity index (χ0n) is 9.55. The molecule has 1 unspecified atom stereocenters. The number of hydrogen-bond acceptors (Lipinski definition) is 3. The first-order chi connectivity index (χ1) is 8.88. The predicted molar refractivity (Wildman–Crippen MR) is 69.3 cm³/mol. The third kappa shape index (κ3) is 3.55. The summed E-state index contributed by atoms with van der Waals surface area (Å²) in [5, 5.41) is 5.15. The highest BCUT2D eigenvalue weighted by Gasteiger charge is 2.35. The molecule has 0 radical (unpaired) electrons. The second-order valence-corrected chi connectivity index (χ2v) is 5.42. The van der Waals surface area contributed by atoms with Gasteiger partial charge in [0.25, 0.3) is 0 Å². The minimum absolute atomic E-state index is 0.0279. The van der Waals surface area contributed by atoms with Gasteiger partial charge in [-0.2, -0.15) is 13.2 Å². The van der Waals surface area contributed by atoms with Gasteiger partial charge in [0.15, 0.2) is 0 Å². The van der Waals surface area contributed by atoms with E-state index in [1.165, 1.54) is 17.8 Å². The van der Waals surface area contributed by atoms with E-state index < -0.39 is 23.7 Å². The Hall–Kier alpha value is -0.920. The molecular weight excluding hydrogens is 301 g/mol. The van der Waals surface area contributed by atoms with Crippen molar-refractivity contribution < 1.29 is 18.0 Å². The Morgan fingerprint density at radius 2 is 2.21 bits per heavy atom. The molecule has 1 aromatic rings. The quantitative estimate of drug-likeness (QED) is 0.882. The Morgan fingerprint density at radius 3 is 2.79 bits per heavy atom. The van der Waals surface area contributed by atoms with Gasteiger partial charge < -0.3 is 5.32 Å². The highest BCUT2D eigenvalue weighted by atomic mass is 35.5. The van der Waals surface area contributed by atoms with Gasteiger partial charge in [-0.05, 0) is 18.2 Å². The first kappa shape index (κ1) is 14.5. The van der Waals surface area contributed by atoms with Crippen molar-refractivity contribution in [2.45, 2.75) is 12.2 Å². The molecule has 1 aliphatic rings. The molecule has 1 fully saturated rings. The Bertz CT molecular complexity index is 489. The van der Waals surface area contributed by atoms with Gasteiger partial charge in [-0.15, -0.1) is 11.8 Å². The van der Waals surface area contributed by atoms with Crippen LogP contribution in [0.25, 0.3) is 0 Å². The van der Waals surface area contributed by atoms with Crippen molar-refractivity contribution in [1.29, 1.82) is 0 Å². The fourth-order valence-electron chi connectivity index (χ4n) is 1.64. The van der Waals surface area contributed by atoms with Crippen molar-refractivity contribution in [3.63, 3.8) is 0 Å². The molecule has 1 aromatic carbocycles. The normalized spacial score (nSPS) is 19.5. The summed E-state index contributed by atoms with van der Waals surface area (Å²) < 4.78 is 38.5. The molecular formula is C11H10ClF3N2OS. The van der Waals surface area contributed by atoms with E-state index in [0.29, 0.717) is 11.6 Å². The Kier molecular flexibility index (Phi) is 4.27. The van der Waals surface area contributed by atoms with Crippen LogP contribution in [0.15, 0.2) is 18.2 Å². The van der Waals surface area contributed by atoms with Gasteiger partial charge in [-0.3, -0.25) is 10.1 Å². The van der Waals surface area contributed by atoms with Crippen LogP contribution in [0.1, 0.15) is 5.56 Å². The summed E-state index contributed by atoms with van der Waals surface area (Å²) in [7, 11) is 0. The minimum atomic E-state index is -4.56. The topological polar surface area (TPSA) is 41.1 Å². The smallest absolute Gasteiger partial charge is 0.324 e. The first-order valence-electron chi connectivity index (χ1n) is 5.36. The molecule has 104 valence electrons.